The van der Waals surface area contributed by atoms with Gasteiger partial charge in [-0.25, -0.2) is 28.7 Å². The van der Waals surface area contributed by atoms with E-state index in [1.807, 2.05) is 119 Å². The molecular weight excluding hydrogens is 1730 g/mol. The van der Waals surface area contributed by atoms with Gasteiger partial charge in [-0.1, -0.05) is 66.1 Å². The van der Waals surface area contributed by atoms with Crippen LogP contribution in [0, 0.1) is 35.6 Å². The maximum absolute atomic E-state index is 15.0. The Labute approximate surface area is 786 Å². The zero-order valence-corrected chi connectivity index (χ0v) is 80.5. The van der Waals surface area contributed by atoms with Crippen LogP contribution < -0.4 is 38.6 Å². The van der Waals surface area contributed by atoms with Gasteiger partial charge in [0.25, 0.3) is 27.9 Å². The van der Waals surface area contributed by atoms with E-state index in [4.69, 9.17) is 54.1 Å². The molecule has 2 aliphatic carbocycles. The lowest BCUT2D eigenvalue weighted by Crippen LogP contribution is -2.44. The Kier molecular flexibility index (Phi) is 21.9. The SMILES string of the molecule is C=C1OCc2c(cc3n(c2=O)Cc2c-3nc3cc(F)c(C)c4c3c2[C@@H](N)CC4)[C@]1(CC)OC(C)(C)C.C=C1OCc2c(cc3n(c2=O)Cc2c-3nc3cc(F)c(C)c4c3c2[C@@H](NC(C)(C)C)CC4)[C@@]1(O)CC.C=C1OCc2c(cc3n(c2=O)Cc2cc4c(NC(C)(C)C)cccc4nc2-3)[C@@]1(O)CC.C=C1OCc2c(cc3n(c2=O)Cc2cc4c([N+](=O)[O-])cccc4nc2-3)[C@]1(CC)OC(C)(C)C. The molecule has 0 bridgehead atoms. The predicted molar refractivity (Wildman–Crippen MR) is 520 cm³/mol. The Morgan fingerprint density at radius 3 is 1.29 bits per heavy atom. The summed E-state index contributed by atoms with van der Waals surface area (Å²) in [7, 11) is 0. The second kappa shape index (κ2) is 32.2. The van der Waals surface area contributed by atoms with E-state index in [1.54, 1.807) is 36.5 Å². The summed E-state index contributed by atoms with van der Waals surface area (Å²) < 4.78 is 72.8. The number of nitro groups is 1. The molecule has 0 spiro atoms. The van der Waals surface area contributed by atoms with Crippen molar-refractivity contribution in [1.82, 2.24) is 43.5 Å². The highest BCUT2D eigenvalue weighted by atomic mass is 19.1. The van der Waals surface area contributed by atoms with Crippen LogP contribution in [0.4, 0.5) is 20.2 Å². The second-order valence-corrected chi connectivity index (χ2v) is 41.7. The molecule has 0 radical (unpaired) electrons. The van der Waals surface area contributed by atoms with E-state index in [0.717, 1.165) is 120 Å². The fraction of sp³-hybridized carbons (Fsp3) is 0.407. The van der Waals surface area contributed by atoms with Gasteiger partial charge in [-0.15, -0.1) is 0 Å². The van der Waals surface area contributed by atoms with Gasteiger partial charge in [-0.2, -0.15) is 0 Å². The van der Waals surface area contributed by atoms with Gasteiger partial charge in [0.2, 0.25) is 0 Å². The van der Waals surface area contributed by atoms with Crippen LogP contribution in [0.25, 0.3) is 89.2 Å². The number of fused-ring (bicyclic) bond motifs is 20. The highest BCUT2D eigenvalue weighted by Crippen LogP contribution is 2.54. The zero-order chi connectivity index (χ0) is 97.3. The summed E-state index contributed by atoms with van der Waals surface area (Å²) in [6, 6.07) is 25.4. The van der Waals surface area contributed by atoms with Crippen molar-refractivity contribution in [1.29, 1.82) is 0 Å². The number of non-ortho nitro benzene ring substituents is 1. The largest absolute Gasteiger partial charge is 0.490 e. The molecule has 6 atom stereocenters. The highest BCUT2D eigenvalue weighted by molar-refractivity contribution is 5.97. The van der Waals surface area contributed by atoms with Gasteiger partial charge in [0, 0.05) is 108 Å². The Morgan fingerprint density at radius 1 is 0.485 bits per heavy atom. The topological polar surface area (TPSA) is 329 Å². The Hall–Kier alpha value is -12.7. The minimum atomic E-state index is -1.44. The van der Waals surface area contributed by atoms with Crippen molar-refractivity contribution in [3.63, 3.8) is 0 Å². The average Bonchev–Trinajstić information content (AvgIpc) is 1.54. The first-order chi connectivity index (χ1) is 64.1. The molecular formula is C108H116F2N12O14. The standard InChI is InChI=1S/2C29H32FN3O3.C25H25N3O5.C25H27N3O3/c1-7-29(36-28(4,5)6)15(3)35-13-18-19(29)10-23-26-17(12-33(23)27(18)34)24-21(31)9-8-16-14(2)20(30)11-22(32-26)25(16)24;1-7-29(35)15(3)36-13-18-19(29)10-23-26-17(12-33(23)27(18)34)25-21(32-28(4,5)6)9-8-16-14(2)20(30)11-22(31-26)24(16)25;1-6-25(33-24(3,4)5)14(2)32-13-17-18(25)11-21-22-15(12-27(21)23(17)29)10-16-19(26-22)8-7-9-20(16)28(30)31;1-6-25(30)14(2)31-13-17-18(25)11-21-22-15(12-28(21)23(17)29)10-16-19(26-22)8-7-9-20(16)27-24(3,4)5/h10-11,21H,3,7-9,12-13,31H2,1-2,4-6H3;10-11,21,32,35H,3,7-9,12-13H2,1-2,4-6H3;7-11H,2,6,12-13H2,1,3-5H3;7-11,27,30H,2,6,12-13H2,1,3-5H3/t2*21-,29+;2*25-/m0011/s1. The normalized spacial score (nSPS) is 20.9. The number of benzene rings is 4. The molecule has 0 unspecified atom stereocenters. The first-order valence-electron chi connectivity index (χ1n) is 46.9. The van der Waals surface area contributed by atoms with Crippen molar-refractivity contribution in [3.8, 4) is 45.6 Å². The van der Waals surface area contributed by atoms with E-state index in [2.05, 4.69) is 90.6 Å². The molecule has 22 rings (SSSR count). The van der Waals surface area contributed by atoms with Crippen LogP contribution >= 0.6 is 0 Å². The van der Waals surface area contributed by atoms with Crippen LogP contribution in [0.1, 0.15) is 262 Å². The first-order valence-corrected chi connectivity index (χ1v) is 46.9. The number of nitro benzene ring substituents is 1. The minimum absolute atomic E-state index is 0.00123. The number of nitrogens with zero attached hydrogens (tertiary/aromatic N) is 9. The number of pyridine rings is 8. The fourth-order valence-corrected chi connectivity index (χ4v) is 22.3. The first kappa shape index (κ1) is 92.4. The molecule has 0 saturated carbocycles. The highest BCUT2D eigenvalue weighted by Gasteiger charge is 2.51. The number of aryl methyl sites for hydroxylation is 2. The van der Waals surface area contributed by atoms with Crippen molar-refractivity contribution < 1.29 is 52.3 Å². The van der Waals surface area contributed by atoms with Crippen LogP contribution in [0.15, 0.2) is 153 Å². The molecule has 0 fully saturated rings. The molecule has 0 amide bonds. The Morgan fingerprint density at radius 2 is 0.868 bits per heavy atom. The molecule has 136 heavy (non-hydrogen) atoms. The van der Waals surface area contributed by atoms with Gasteiger partial charge < -0.3 is 73.3 Å². The average molecular weight is 1840 g/mol. The Bertz CT molecular complexity index is 7610. The van der Waals surface area contributed by atoms with Crippen LogP contribution in [-0.4, -0.2) is 75.6 Å². The molecule has 0 saturated heterocycles. The smallest absolute Gasteiger partial charge is 0.278 e. The third-order valence-corrected chi connectivity index (χ3v) is 28.8. The van der Waals surface area contributed by atoms with Crippen molar-refractivity contribution in [2.75, 3.05) is 5.32 Å². The van der Waals surface area contributed by atoms with Crippen LogP contribution in [0.5, 0.6) is 0 Å². The van der Waals surface area contributed by atoms with Gasteiger partial charge in [-0.3, -0.25) is 29.3 Å². The van der Waals surface area contributed by atoms with Crippen LogP contribution in [0.3, 0.4) is 0 Å². The molecule has 10 aliphatic rings. The summed E-state index contributed by atoms with van der Waals surface area (Å²) in [5, 5.41) is 44.9. The number of aromatic nitrogens is 8. The molecule has 16 heterocycles. The van der Waals surface area contributed by atoms with Crippen molar-refractivity contribution in [2.24, 2.45) is 5.73 Å². The number of hydrogen-bond donors (Lipinski definition) is 5. The van der Waals surface area contributed by atoms with Crippen molar-refractivity contribution in [3.05, 3.63) is 298 Å². The molecule has 4 aromatic carbocycles. The fourth-order valence-electron chi connectivity index (χ4n) is 22.3. The number of ether oxygens (including phenoxy) is 6. The zero-order valence-electron chi connectivity index (χ0n) is 80.5. The molecule has 26 nitrogen and oxygen atoms in total. The summed E-state index contributed by atoms with van der Waals surface area (Å²) >= 11 is 0. The number of anilines is 1. The lowest BCUT2D eigenvalue weighted by molar-refractivity contribution is -0.383. The molecule has 8 aliphatic heterocycles. The van der Waals surface area contributed by atoms with E-state index in [1.165, 1.54) is 18.2 Å². The van der Waals surface area contributed by atoms with Gasteiger partial charge >= 0.3 is 0 Å². The third kappa shape index (κ3) is 14.6. The summed E-state index contributed by atoms with van der Waals surface area (Å²) in [5.41, 5.74) is 23.1. The summed E-state index contributed by atoms with van der Waals surface area (Å²) in [6.45, 7) is 54.1. The third-order valence-electron chi connectivity index (χ3n) is 28.8. The summed E-state index contributed by atoms with van der Waals surface area (Å²) in [4.78, 5) is 85.2. The van der Waals surface area contributed by atoms with E-state index < -0.39 is 38.5 Å². The maximum Gasteiger partial charge on any atom is 0.278 e. The van der Waals surface area contributed by atoms with Gasteiger partial charge in [0.15, 0.2) is 11.2 Å². The van der Waals surface area contributed by atoms with Crippen molar-refractivity contribution >= 4 is 55.0 Å². The molecule has 28 heteroatoms. The van der Waals surface area contributed by atoms with E-state index in [9.17, 15) is 48.3 Å². The van der Waals surface area contributed by atoms with E-state index in [-0.39, 0.29) is 101 Å². The number of rotatable bonds is 9. The monoisotopic (exact) mass is 1840 g/mol. The number of aliphatic hydroxyl groups is 2. The van der Waals surface area contributed by atoms with Gasteiger partial charge in [0.1, 0.15) is 72.3 Å². The van der Waals surface area contributed by atoms with E-state index >= 15 is 0 Å². The summed E-state index contributed by atoms with van der Waals surface area (Å²) in [5.74, 6) is 1.00. The lowest BCUT2D eigenvalue weighted by atomic mass is 9.81. The predicted octanol–water partition coefficient (Wildman–Crippen LogP) is 19.2. The van der Waals surface area contributed by atoms with Crippen LogP contribution in [-0.2, 0) is 116 Å². The van der Waals surface area contributed by atoms with Crippen molar-refractivity contribution in [2.45, 2.75) is 285 Å². The van der Waals surface area contributed by atoms with Gasteiger partial charge in [0.05, 0.1) is 138 Å². The Balaban J connectivity index is 0.000000116. The maximum atomic E-state index is 15.0. The lowest BCUT2D eigenvalue weighted by Gasteiger charge is -2.43. The molecule has 6 N–H and O–H groups in total. The van der Waals surface area contributed by atoms with Crippen LogP contribution in [0.2, 0.25) is 0 Å². The summed E-state index contributed by atoms with van der Waals surface area (Å²) in [6.07, 6.45) is 4.87. The number of nitrogens with one attached hydrogen (secondary N) is 2. The number of nitrogens with two attached hydrogens (primary N) is 1. The van der Waals surface area contributed by atoms with Gasteiger partial charge in [-0.05, 0) is 236 Å². The second-order valence-electron chi connectivity index (χ2n) is 41.7. The molecule has 12 aromatic rings. The van der Waals surface area contributed by atoms with E-state index in [0.29, 0.717) is 164 Å². The number of hydrogen-bond acceptors (Lipinski definition) is 21. The minimum Gasteiger partial charge on any atom is -0.490 e. The quantitative estimate of drug-likeness (QED) is 0.0662. The molecule has 706 valence electrons. The number of halogens is 2. The molecule has 8 aromatic heterocycles.